The van der Waals surface area contributed by atoms with Crippen molar-refractivity contribution in [2.75, 3.05) is 45.1 Å². The number of aromatic nitrogens is 1. The highest BCUT2D eigenvalue weighted by atomic mass is 19.1. The molecule has 0 spiro atoms. The second-order valence-corrected chi connectivity index (χ2v) is 12.7. The van der Waals surface area contributed by atoms with Crippen LogP contribution in [0.2, 0.25) is 0 Å². The van der Waals surface area contributed by atoms with E-state index >= 15 is 4.39 Å². The monoisotopic (exact) mass is 597 g/mol. The lowest BCUT2D eigenvalue weighted by Gasteiger charge is -2.45. The van der Waals surface area contributed by atoms with Crippen molar-refractivity contribution in [2.24, 2.45) is 5.92 Å². The zero-order valence-electron chi connectivity index (χ0n) is 24.4. The number of anilines is 1. The van der Waals surface area contributed by atoms with Gasteiger partial charge in [0, 0.05) is 31.4 Å². The number of ether oxygens (including phenoxy) is 1. The van der Waals surface area contributed by atoms with Crippen molar-refractivity contribution in [2.45, 2.75) is 51.6 Å². The molecule has 0 radical (unpaired) electrons. The molecule has 2 N–H and O–H groups in total. The molecule has 2 bridgehead atoms. The summed E-state index contributed by atoms with van der Waals surface area (Å²) in [6.45, 7) is 4.54. The summed E-state index contributed by atoms with van der Waals surface area (Å²) in [4.78, 5) is 32.0. The third-order valence-electron chi connectivity index (χ3n) is 10.2. The van der Waals surface area contributed by atoms with Crippen LogP contribution in [0.25, 0.3) is 27.4 Å². The van der Waals surface area contributed by atoms with Gasteiger partial charge < -0.3 is 29.7 Å². The van der Waals surface area contributed by atoms with E-state index in [0.29, 0.717) is 41.2 Å². The van der Waals surface area contributed by atoms with Gasteiger partial charge in [-0.2, -0.15) is 0 Å². The van der Waals surface area contributed by atoms with E-state index in [9.17, 15) is 9.59 Å². The van der Waals surface area contributed by atoms with Gasteiger partial charge in [-0.25, -0.2) is 4.39 Å². The van der Waals surface area contributed by atoms with Crippen LogP contribution in [-0.2, 0) is 0 Å². The lowest BCUT2D eigenvalue weighted by molar-refractivity contribution is 0.0949. The first-order valence-corrected chi connectivity index (χ1v) is 15.5. The number of carbonyl (C=O) groups excluding carboxylic acids is 1. The minimum Gasteiger partial charge on any atom is -0.451 e. The Morgan fingerprint density at radius 2 is 1.84 bits per heavy atom. The normalized spacial score (nSPS) is 23.7. The number of rotatable bonds is 6. The lowest BCUT2D eigenvalue weighted by atomic mass is 9.84. The van der Waals surface area contributed by atoms with Gasteiger partial charge in [0.1, 0.15) is 16.8 Å². The Labute approximate surface area is 256 Å². The summed E-state index contributed by atoms with van der Waals surface area (Å²) in [5.74, 6) is 0.316. The number of halogens is 1. The number of nitrogens with zero attached hydrogens (tertiary/aromatic N) is 3. The van der Waals surface area contributed by atoms with E-state index in [4.69, 9.17) is 4.74 Å². The van der Waals surface area contributed by atoms with Crippen molar-refractivity contribution in [3.63, 3.8) is 0 Å². The van der Waals surface area contributed by atoms with Crippen LogP contribution < -0.4 is 20.8 Å². The standard InChI is InChI=1S/C34H36FN5O3.CH4/c1-38-12-4-7-23(38)8-11-36-34(42)25-18-40-28-15-21-5-2-3-6-22(21)16-29(28)43-33-30(26(35)17-24(31(33)40)32(25)41)37-27-19-39-13-9-20(27)10-14-39;/h2-3,5-6,15-18,20,23,27,37H,4,7-14,19H2,1H3,(H,36,42);1H4/t23?,27-;/m0./s1. The Morgan fingerprint density at radius 1 is 1.07 bits per heavy atom. The lowest BCUT2D eigenvalue weighted by Crippen LogP contribution is -2.53. The quantitative estimate of drug-likeness (QED) is 0.260. The van der Waals surface area contributed by atoms with E-state index in [2.05, 4.69) is 27.5 Å². The van der Waals surface area contributed by atoms with E-state index in [1.165, 1.54) is 6.07 Å². The van der Waals surface area contributed by atoms with Crippen LogP contribution in [0.15, 0.2) is 53.5 Å². The number of hydrogen-bond acceptors (Lipinski definition) is 6. The summed E-state index contributed by atoms with van der Waals surface area (Å²) >= 11 is 0. The molecule has 1 aromatic heterocycles. The van der Waals surface area contributed by atoms with Crippen LogP contribution in [0.5, 0.6) is 11.5 Å². The minimum atomic E-state index is -0.548. The van der Waals surface area contributed by atoms with Crippen molar-refractivity contribution in [3.05, 3.63) is 70.3 Å². The first-order chi connectivity index (χ1) is 20.9. The minimum absolute atomic E-state index is 0. The number of benzene rings is 3. The van der Waals surface area contributed by atoms with Crippen LogP contribution in [0.4, 0.5) is 10.1 Å². The molecule has 4 aromatic rings. The first kappa shape index (κ1) is 28.8. The third-order valence-corrected chi connectivity index (χ3v) is 10.2. The predicted octanol–water partition coefficient (Wildman–Crippen LogP) is 5.75. The first-order valence-electron chi connectivity index (χ1n) is 15.5. The molecule has 44 heavy (non-hydrogen) atoms. The number of pyridine rings is 1. The molecule has 4 saturated heterocycles. The van der Waals surface area contributed by atoms with Gasteiger partial charge in [0.15, 0.2) is 17.3 Å². The van der Waals surface area contributed by atoms with Gasteiger partial charge in [-0.1, -0.05) is 31.7 Å². The Hall–Kier alpha value is -3.95. The Morgan fingerprint density at radius 3 is 2.55 bits per heavy atom. The maximum atomic E-state index is 16.1. The summed E-state index contributed by atoms with van der Waals surface area (Å²) in [6.07, 6.45) is 6.86. The van der Waals surface area contributed by atoms with Crippen molar-refractivity contribution >= 4 is 33.3 Å². The summed E-state index contributed by atoms with van der Waals surface area (Å²) < 4.78 is 24.4. The van der Waals surface area contributed by atoms with Crippen LogP contribution in [0, 0.1) is 11.7 Å². The smallest absolute Gasteiger partial charge is 0.256 e. The van der Waals surface area contributed by atoms with Crippen molar-refractivity contribution in [3.8, 4) is 17.2 Å². The maximum Gasteiger partial charge on any atom is 0.256 e. The average Bonchev–Trinajstić information content (AvgIpc) is 3.43. The number of fused-ring (bicyclic) bond motifs is 6. The molecule has 3 aromatic carbocycles. The van der Waals surface area contributed by atoms with Gasteiger partial charge in [0.2, 0.25) is 5.43 Å². The van der Waals surface area contributed by atoms with Gasteiger partial charge in [0.25, 0.3) is 5.91 Å². The molecule has 6 heterocycles. The predicted molar refractivity (Wildman–Crippen MR) is 173 cm³/mol. The second-order valence-electron chi connectivity index (χ2n) is 12.7. The Bertz CT molecular complexity index is 1830. The number of hydrogen-bond donors (Lipinski definition) is 2. The highest BCUT2D eigenvalue weighted by Gasteiger charge is 2.36. The van der Waals surface area contributed by atoms with E-state index in [1.54, 1.807) is 6.20 Å². The summed E-state index contributed by atoms with van der Waals surface area (Å²) in [5, 5.41) is 8.58. The number of nitrogens with one attached hydrogen (secondary N) is 2. The molecule has 2 atom stereocenters. The summed E-state index contributed by atoms with van der Waals surface area (Å²) in [6, 6.07) is 13.7. The van der Waals surface area contributed by atoms with Crippen molar-refractivity contribution in [1.29, 1.82) is 0 Å². The van der Waals surface area contributed by atoms with Gasteiger partial charge in [-0.3, -0.25) is 9.59 Å². The summed E-state index contributed by atoms with van der Waals surface area (Å²) in [7, 11) is 2.11. The molecular formula is C35H40FN5O3. The van der Waals surface area contributed by atoms with E-state index < -0.39 is 17.2 Å². The van der Waals surface area contributed by atoms with Crippen LogP contribution in [0.3, 0.4) is 0 Å². The highest BCUT2D eigenvalue weighted by molar-refractivity contribution is 6.02. The van der Waals surface area contributed by atoms with E-state index in [-0.39, 0.29) is 30.1 Å². The zero-order valence-corrected chi connectivity index (χ0v) is 24.4. The molecular weight excluding hydrogens is 557 g/mol. The SMILES string of the molecule is C.CN1CCCC1CCNC(=O)c1cn2c3c(c(N[C@H]4CN5CCC4CC5)c(F)cc3c1=O)Oc1cc3ccccc3cc1-2. The number of carbonyl (C=O) groups is 1. The molecule has 4 fully saturated rings. The topological polar surface area (TPSA) is 78.8 Å². The van der Waals surface area contributed by atoms with Crippen LogP contribution in [-0.4, -0.2) is 72.1 Å². The Kier molecular flexibility index (Phi) is 7.33. The van der Waals surface area contributed by atoms with Gasteiger partial charge >= 0.3 is 0 Å². The van der Waals surface area contributed by atoms with Crippen molar-refractivity contribution in [1.82, 2.24) is 19.7 Å². The average molecular weight is 598 g/mol. The zero-order chi connectivity index (χ0) is 29.2. The molecule has 0 saturated carbocycles. The molecule has 8 nitrogen and oxygen atoms in total. The fraction of sp³-hybridized carbons (Fsp3) is 0.429. The molecule has 9 heteroatoms. The molecule has 0 aliphatic carbocycles. The number of likely N-dealkylation sites (tertiary alicyclic amines) is 1. The highest BCUT2D eigenvalue weighted by Crippen LogP contribution is 2.47. The van der Waals surface area contributed by atoms with Crippen LogP contribution >= 0.6 is 0 Å². The molecule has 5 aliphatic heterocycles. The largest absolute Gasteiger partial charge is 0.451 e. The van der Waals surface area contributed by atoms with Crippen molar-refractivity contribution < 1.29 is 13.9 Å². The molecule has 1 amide bonds. The molecule has 9 rings (SSSR count). The fourth-order valence-electron chi connectivity index (χ4n) is 7.70. The molecule has 5 aliphatic rings. The molecule has 1 unspecified atom stereocenters. The fourth-order valence-corrected chi connectivity index (χ4v) is 7.70. The van der Waals surface area contributed by atoms with Gasteiger partial charge in [-0.15, -0.1) is 0 Å². The van der Waals surface area contributed by atoms with Gasteiger partial charge in [0.05, 0.1) is 11.1 Å². The number of piperidine rings is 3. The maximum absolute atomic E-state index is 16.1. The Balaban J connectivity index is 0.00000312. The molecule has 230 valence electrons. The third kappa shape index (κ3) is 4.73. The van der Waals surface area contributed by atoms with E-state index in [1.807, 2.05) is 41.0 Å². The van der Waals surface area contributed by atoms with Gasteiger partial charge in [-0.05, 0) is 93.7 Å². The van der Waals surface area contributed by atoms with E-state index in [0.717, 1.165) is 69.1 Å². The number of amides is 1. The second kappa shape index (κ2) is 11.2. The summed E-state index contributed by atoms with van der Waals surface area (Å²) in [5.41, 5.74) is 0.956. The van der Waals surface area contributed by atoms with Crippen LogP contribution in [0.1, 0.15) is 49.9 Å².